The standard InChI is InChI=1S/C19H19F2N5O2S/c1-3-4-7-22-18(27)25-17-15(28-14-6-5-12(20)9-13(14)21)8-11-10-23-19(29-2)26-16(11)24-17/h5-6,8-10H,3-4,7H2,1-2H3,(H2,22,23,24,25,26,27). The number of carbonyl (C=O) groups excluding carboxylic acids is 1. The van der Waals surface area contributed by atoms with Gasteiger partial charge in [-0.15, -0.1) is 0 Å². The molecular formula is C19H19F2N5O2S. The maximum absolute atomic E-state index is 14.0. The summed E-state index contributed by atoms with van der Waals surface area (Å²) in [6, 6.07) is 4.01. The SMILES string of the molecule is CCCCNC(=O)Nc1nc2nc(SC)ncc2cc1Oc1ccc(F)cc1F. The summed E-state index contributed by atoms with van der Waals surface area (Å²) in [5.41, 5.74) is 0.347. The number of fused-ring (bicyclic) bond motifs is 1. The monoisotopic (exact) mass is 419 g/mol. The fraction of sp³-hybridized carbons (Fsp3) is 0.263. The fourth-order valence-corrected chi connectivity index (χ4v) is 2.74. The number of benzene rings is 1. The van der Waals surface area contributed by atoms with E-state index in [9.17, 15) is 13.6 Å². The van der Waals surface area contributed by atoms with Crippen molar-refractivity contribution in [2.45, 2.75) is 24.9 Å². The number of amides is 2. The molecule has 10 heteroatoms. The second-order valence-electron chi connectivity index (χ2n) is 6.02. The average Bonchev–Trinajstić information content (AvgIpc) is 2.70. The zero-order valence-corrected chi connectivity index (χ0v) is 16.6. The molecule has 0 bridgehead atoms. The van der Waals surface area contributed by atoms with E-state index in [2.05, 4.69) is 25.6 Å². The summed E-state index contributed by atoms with van der Waals surface area (Å²) in [6.07, 6.45) is 5.14. The van der Waals surface area contributed by atoms with Gasteiger partial charge in [-0.25, -0.2) is 28.5 Å². The Kier molecular flexibility index (Phi) is 6.76. The number of aromatic nitrogens is 3. The van der Waals surface area contributed by atoms with Crippen molar-refractivity contribution in [3.63, 3.8) is 0 Å². The molecule has 2 aromatic heterocycles. The predicted octanol–water partition coefficient (Wildman–Crippen LogP) is 4.74. The molecule has 152 valence electrons. The number of hydrogen-bond donors (Lipinski definition) is 2. The van der Waals surface area contributed by atoms with E-state index < -0.39 is 17.7 Å². The van der Waals surface area contributed by atoms with Crippen LogP contribution in [0.5, 0.6) is 11.5 Å². The molecule has 0 aliphatic rings. The van der Waals surface area contributed by atoms with Gasteiger partial charge in [0, 0.05) is 24.2 Å². The second kappa shape index (κ2) is 9.46. The van der Waals surface area contributed by atoms with E-state index in [0.29, 0.717) is 28.8 Å². The van der Waals surface area contributed by atoms with Crippen molar-refractivity contribution >= 4 is 34.6 Å². The second-order valence-corrected chi connectivity index (χ2v) is 6.79. The molecule has 2 amide bonds. The molecule has 7 nitrogen and oxygen atoms in total. The minimum absolute atomic E-state index is 0.0565. The lowest BCUT2D eigenvalue weighted by Crippen LogP contribution is -2.30. The molecule has 0 saturated heterocycles. The van der Waals surface area contributed by atoms with Gasteiger partial charge < -0.3 is 10.1 Å². The summed E-state index contributed by atoms with van der Waals surface area (Å²) in [7, 11) is 0. The first-order chi connectivity index (χ1) is 14.0. The van der Waals surface area contributed by atoms with Crippen LogP contribution in [-0.4, -0.2) is 33.8 Å². The lowest BCUT2D eigenvalue weighted by atomic mass is 10.3. The van der Waals surface area contributed by atoms with E-state index in [-0.39, 0.29) is 17.3 Å². The normalized spacial score (nSPS) is 10.8. The zero-order valence-electron chi connectivity index (χ0n) is 15.8. The zero-order chi connectivity index (χ0) is 20.8. The molecule has 2 heterocycles. The van der Waals surface area contributed by atoms with Crippen molar-refractivity contribution in [1.29, 1.82) is 0 Å². The average molecular weight is 419 g/mol. The highest BCUT2D eigenvalue weighted by molar-refractivity contribution is 7.98. The van der Waals surface area contributed by atoms with Gasteiger partial charge in [0.15, 0.2) is 33.9 Å². The molecular weight excluding hydrogens is 400 g/mol. The minimum atomic E-state index is -0.877. The Bertz CT molecular complexity index is 1030. The van der Waals surface area contributed by atoms with Gasteiger partial charge >= 0.3 is 6.03 Å². The third-order valence-electron chi connectivity index (χ3n) is 3.86. The van der Waals surface area contributed by atoms with Crippen LogP contribution in [0.1, 0.15) is 19.8 Å². The molecule has 2 N–H and O–H groups in total. The van der Waals surface area contributed by atoms with E-state index in [1.54, 1.807) is 6.20 Å². The topological polar surface area (TPSA) is 89.0 Å². The number of thioether (sulfide) groups is 1. The van der Waals surface area contributed by atoms with Crippen molar-refractivity contribution < 1.29 is 18.3 Å². The van der Waals surface area contributed by atoms with Gasteiger partial charge in [-0.1, -0.05) is 25.1 Å². The molecule has 1 aromatic carbocycles. The van der Waals surface area contributed by atoms with Crippen LogP contribution in [-0.2, 0) is 0 Å². The summed E-state index contributed by atoms with van der Waals surface area (Å²) in [4.78, 5) is 25.0. The van der Waals surface area contributed by atoms with E-state index in [0.717, 1.165) is 25.0 Å². The van der Waals surface area contributed by atoms with Crippen molar-refractivity contribution in [1.82, 2.24) is 20.3 Å². The predicted molar refractivity (Wildman–Crippen MR) is 107 cm³/mol. The number of pyridine rings is 1. The Labute approximate surface area is 170 Å². The van der Waals surface area contributed by atoms with Gasteiger partial charge in [-0.2, -0.15) is 0 Å². The van der Waals surface area contributed by atoms with E-state index in [4.69, 9.17) is 4.74 Å². The number of nitrogens with one attached hydrogen (secondary N) is 2. The van der Waals surface area contributed by atoms with Crippen LogP contribution in [0.25, 0.3) is 11.0 Å². The summed E-state index contributed by atoms with van der Waals surface area (Å²) in [5.74, 6) is -1.67. The number of hydrogen-bond acceptors (Lipinski definition) is 6. The first-order valence-electron chi connectivity index (χ1n) is 8.89. The van der Waals surface area contributed by atoms with Crippen molar-refractivity contribution in [2.75, 3.05) is 18.1 Å². The largest absolute Gasteiger partial charge is 0.450 e. The number of nitrogens with zero attached hydrogens (tertiary/aromatic N) is 3. The van der Waals surface area contributed by atoms with Crippen LogP contribution in [0.4, 0.5) is 19.4 Å². The van der Waals surface area contributed by atoms with Crippen molar-refractivity contribution in [2.24, 2.45) is 0 Å². The van der Waals surface area contributed by atoms with Crippen LogP contribution in [0, 0.1) is 11.6 Å². The number of unbranched alkanes of at least 4 members (excludes halogenated alkanes) is 1. The van der Waals surface area contributed by atoms with Gasteiger partial charge in [0.1, 0.15) is 5.82 Å². The third kappa shape index (κ3) is 5.29. The van der Waals surface area contributed by atoms with Gasteiger partial charge in [0.25, 0.3) is 0 Å². The molecule has 0 spiro atoms. The highest BCUT2D eigenvalue weighted by atomic mass is 32.2. The fourth-order valence-electron chi connectivity index (χ4n) is 2.40. The number of ether oxygens (including phenoxy) is 1. The van der Waals surface area contributed by atoms with Gasteiger partial charge in [0.2, 0.25) is 0 Å². The van der Waals surface area contributed by atoms with Crippen LogP contribution in [0.3, 0.4) is 0 Å². The Morgan fingerprint density at radius 3 is 2.76 bits per heavy atom. The van der Waals surface area contributed by atoms with Crippen LogP contribution < -0.4 is 15.4 Å². The minimum Gasteiger partial charge on any atom is -0.450 e. The number of halogens is 2. The van der Waals surface area contributed by atoms with E-state index in [1.165, 1.54) is 17.8 Å². The first kappa shape index (κ1) is 20.7. The molecule has 0 aliphatic carbocycles. The van der Waals surface area contributed by atoms with Crippen molar-refractivity contribution in [3.8, 4) is 11.5 Å². The summed E-state index contributed by atoms with van der Waals surface area (Å²) in [5, 5.41) is 6.36. The number of urea groups is 1. The van der Waals surface area contributed by atoms with Crippen molar-refractivity contribution in [3.05, 3.63) is 42.1 Å². The van der Waals surface area contributed by atoms with E-state index in [1.807, 2.05) is 13.2 Å². The maximum atomic E-state index is 14.0. The van der Waals surface area contributed by atoms with Gasteiger partial charge in [-0.05, 0) is 30.9 Å². The smallest absolute Gasteiger partial charge is 0.320 e. The van der Waals surface area contributed by atoms with Crippen LogP contribution in [0.15, 0.2) is 35.6 Å². The Hall–Kier alpha value is -3.01. The number of rotatable bonds is 7. The van der Waals surface area contributed by atoms with Crippen LogP contribution >= 0.6 is 11.8 Å². The summed E-state index contributed by atoms with van der Waals surface area (Å²) in [6.45, 7) is 2.51. The molecule has 3 aromatic rings. The Morgan fingerprint density at radius 1 is 1.21 bits per heavy atom. The molecule has 0 aliphatic heterocycles. The quantitative estimate of drug-likeness (QED) is 0.327. The van der Waals surface area contributed by atoms with Crippen LogP contribution in [0.2, 0.25) is 0 Å². The molecule has 0 saturated carbocycles. The number of carbonyl (C=O) groups is 1. The molecule has 0 atom stereocenters. The van der Waals surface area contributed by atoms with Gasteiger partial charge in [0.05, 0.1) is 0 Å². The lowest BCUT2D eigenvalue weighted by molar-refractivity contribution is 0.252. The van der Waals surface area contributed by atoms with Gasteiger partial charge in [-0.3, -0.25) is 5.32 Å². The molecule has 0 radical (unpaired) electrons. The third-order valence-corrected chi connectivity index (χ3v) is 4.42. The lowest BCUT2D eigenvalue weighted by Gasteiger charge is -2.13. The number of anilines is 1. The molecule has 3 rings (SSSR count). The Balaban J connectivity index is 1.97. The molecule has 0 fully saturated rings. The Morgan fingerprint density at radius 2 is 2.03 bits per heavy atom. The summed E-state index contributed by atoms with van der Waals surface area (Å²) < 4.78 is 32.8. The first-order valence-corrected chi connectivity index (χ1v) is 10.1. The molecule has 0 unspecified atom stereocenters. The maximum Gasteiger partial charge on any atom is 0.320 e. The summed E-state index contributed by atoms with van der Waals surface area (Å²) >= 11 is 1.35. The highest BCUT2D eigenvalue weighted by Crippen LogP contribution is 2.32. The van der Waals surface area contributed by atoms with E-state index >= 15 is 0 Å². The molecule has 29 heavy (non-hydrogen) atoms. The highest BCUT2D eigenvalue weighted by Gasteiger charge is 2.16.